The Hall–Kier alpha value is -2.16. The summed E-state index contributed by atoms with van der Waals surface area (Å²) >= 11 is 0. The van der Waals surface area contributed by atoms with Crippen molar-refractivity contribution in [3.8, 4) is 0 Å². The van der Waals surface area contributed by atoms with Gasteiger partial charge in [0.25, 0.3) is 0 Å². The second-order valence-electron chi connectivity index (χ2n) is 6.85. The van der Waals surface area contributed by atoms with Crippen LogP contribution < -0.4 is 27.4 Å². The predicted molar refractivity (Wildman–Crippen MR) is 98.0 cm³/mol. The number of esters is 1. The molecule has 0 saturated heterocycles. The highest BCUT2D eigenvalue weighted by molar-refractivity contribution is 5.89. The molecule has 0 aliphatic carbocycles. The van der Waals surface area contributed by atoms with Gasteiger partial charge >= 0.3 is 12.0 Å². The number of anilines is 1. The molecule has 0 aliphatic rings. The summed E-state index contributed by atoms with van der Waals surface area (Å²) in [4.78, 5) is 24.0. The van der Waals surface area contributed by atoms with Crippen molar-refractivity contribution in [1.82, 2.24) is 10.6 Å². The van der Waals surface area contributed by atoms with Gasteiger partial charge in [0.2, 0.25) is 0 Å². The number of urea groups is 1. The lowest BCUT2D eigenvalue weighted by Crippen LogP contribution is -2.66. The second-order valence-corrected chi connectivity index (χ2v) is 6.85. The summed E-state index contributed by atoms with van der Waals surface area (Å²) in [5, 5.41) is 8.23. The van der Waals surface area contributed by atoms with Crippen molar-refractivity contribution >= 4 is 17.7 Å². The van der Waals surface area contributed by atoms with E-state index in [1.54, 1.807) is 26.8 Å². The molecule has 1 aromatic carbocycles. The van der Waals surface area contributed by atoms with E-state index in [4.69, 9.17) is 16.2 Å². The van der Waals surface area contributed by atoms with Crippen LogP contribution in [0.1, 0.15) is 26.3 Å². The van der Waals surface area contributed by atoms with Crippen LogP contribution in [0.15, 0.2) is 24.3 Å². The third kappa shape index (κ3) is 7.51. The van der Waals surface area contributed by atoms with Crippen molar-refractivity contribution in [3.05, 3.63) is 29.8 Å². The normalized spacial score (nSPS) is 13.7. The first-order valence-electron chi connectivity index (χ1n) is 8.15. The number of carbonyl (C=O) groups is 2. The smallest absolute Gasteiger partial charge is 0.343 e. The number of nitrogens with one attached hydrogen (secondary N) is 3. The number of benzene rings is 1. The largest absolute Gasteiger partial charge is 0.458 e. The van der Waals surface area contributed by atoms with E-state index >= 15 is 0 Å². The Bertz CT molecular complexity index is 600. The first-order valence-corrected chi connectivity index (χ1v) is 8.15. The van der Waals surface area contributed by atoms with E-state index in [9.17, 15) is 9.59 Å². The molecular formula is C17H29N5O3. The number of carbonyl (C=O) groups excluding carboxylic acids is 2. The number of nitrogens with two attached hydrogens (primary N) is 2. The molecule has 0 bridgehead atoms. The van der Waals surface area contributed by atoms with Crippen LogP contribution >= 0.6 is 0 Å². The minimum atomic E-state index is -1.50. The fraction of sp³-hybridized carbons (Fsp3) is 0.529. The molecule has 8 heteroatoms. The zero-order chi connectivity index (χ0) is 19.1. The van der Waals surface area contributed by atoms with Crippen LogP contribution in [0.5, 0.6) is 0 Å². The van der Waals surface area contributed by atoms with Gasteiger partial charge in [-0.1, -0.05) is 12.1 Å². The lowest BCUT2D eigenvalue weighted by Gasteiger charge is -2.31. The highest BCUT2D eigenvalue weighted by Gasteiger charge is 2.36. The van der Waals surface area contributed by atoms with Crippen molar-refractivity contribution in [1.29, 1.82) is 0 Å². The summed E-state index contributed by atoms with van der Waals surface area (Å²) in [6.45, 7) is 7.58. The Labute approximate surface area is 148 Å². The van der Waals surface area contributed by atoms with E-state index in [0.29, 0.717) is 5.69 Å². The van der Waals surface area contributed by atoms with E-state index in [0.717, 1.165) is 5.56 Å². The van der Waals surface area contributed by atoms with Crippen LogP contribution in [0.25, 0.3) is 0 Å². The molecule has 0 aromatic heterocycles. The Morgan fingerprint density at radius 1 is 1.20 bits per heavy atom. The molecule has 2 amide bonds. The third-order valence-corrected chi connectivity index (χ3v) is 3.21. The van der Waals surface area contributed by atoms with Gasteiger partial charge in [-0.05, 0) is 45.4 Å². The van der Waals surface area contributed by atoms with Gasteiger partial charge in [0, 0.05) is 25.3 Å². The van der Waals surface area contributed by atoms with Gasteiger partial charge in [-0.3, -0.25) is 5.32 Å². The van der Waals surface area contributed by atoms with E-state index in [2.05, 4.69) is 16.0 Å². The molecule has 1 unspecified atom stereocenters. The van der Waals surface area contributed by atoms with Crippen LogP contribution in [0.2, 0.25) is 0 Å². The highest BCUT2D eigenvalue weighted by Crippen LogP contribution is 2.11. The van der Waals surface area contributed by atoms with Gasteiger partial charge in [-0.15, -0.1) is 0 Å². The van der Waals surface area contributed by atoms with E-state index in [1.165, 1.54) is 0 Å². The van der Waals surface area contributed by atoms with Crippen molar-refractivity contribution in [2.75, 3.05) is 25.0 Å². The van der Waals surface area contributed by atoms with Gasteiger partial charge in [0.15, 0.2) is 5.66 Å². The van der Waals surface area contributed by atoms with Gasteiger partial charge in [-0.2, -0.15) is 0 Å². The fourth-order valence-corrected chi connectivity index (χ4v) is 1.96. The number of amides is 2. The minimum Gasteiger partial charge on any atom is -0.458 e. The predicted octanol–water partition coefficient (Wildman–Crippen LogP) is 0.662. The molecule has 7 N–H and O–H groups in total. The van der Waals surface area contributed by atoms with Gasteiger partial charge in [0.1, 0.15) is 5.60 Å². The molecular weight excluding hydrogens is 322 g/mol. The van der Waals surface area contributed by atoms with Gasteiger partial charge in [-0.25, -0.2) is 9.59 Å². The van der Waals surface area contributed by atoms with Crippen LogP contribution in [-0.4, -0.2) is 42.9 Å². The first-order chi connectivity index (χ1) is 11.6. The molecule has 0 saturated carbocycles. The second kappa shape index (κ2) is 8.80. The molecule has 140 valence electrons. The van der Waals surface area contributed by atoms with Crippen molar-refractivity contribution in [3.63, 3.8) is 0 Å². The number of ether oxygens (including phenoxy) is 1. The molecule has 8 nitrogen and oxygen atoms in total. The highest BCUT2D eigenvalue weighted by atomic mass is 16.6. The lowest BCUT2D eigenvalue weighted by molar-refractivity contribution is -0.162. The molecule has 1 aromatic rings. The summed E-state index contributed by atoms with van der Waals surface area (Å²) in [6.07, 6.45) is 0. The number of hydrogen-bond donors (Lipinski definition) is 5. The van der Waals surface area contributed by atoms with E-state index in [1.807, 2.05) is 25.1 Å². The summed E-state index contributed by atoms with van der Waals surface area (Å²) in [6, 6.07) is 7.11. The third-order valence-electron chi connectivity index (χ3n) is 3.21. The zero-order valence-electron chi connectivity index (χ0n) is 15.3. The zero-order valence-corrected chi connectivity index (χ0v) is 15.3. The summed E-state index contributed by atoms with van der Waals surface area (Å²) in [7, 11) is 0. The lowest BCUT2D eigenvalue weighted by atomic mass is 10.1. The van der Waals surface area contributed by atoms with E-state index < -0.39 is 17.2 Å². The molecule has 25 heavy (non-hydrogen) atoms. The number of rotatable bonds is 7. The molecule has 1 atom stereocenters. The fourth-order valence-electron chi connectivity index (χ4n) is 1.96. The summed E-state index contributed by atoms with van der Waals surface area (Å²) < 4.78 is 5.26. The number of hydrogen-bond acceptors (Lipinski definition) is 6. The SMILES string of the molecule is Cc1cccc(NC(=O)NCCNC(N)(CN)C(=O)OC(C)(C)C)c1. The Kier molecular flexibility index (Phi) is 7.35. The van der Waals surface area contributed by atoms with Crippen molar-refractivity contribution in [2.45, 2.75) is 39.0 Å². The standard InChI is InChI=1S/C17H29N5O3/c1-12-6-5-7-13(10-12)22-15(24)20-8-9-21-17(19,11-18)14(23)25-16(2,3)4/h5-7,10,21H,8-9,11,18-19H2,1-4H3,(H2,20,22,24). The Morgan fingerprint density at radius 3 is 2.44 bits per heavy atom. The summed E-state index contributed by atoms with van der Waals surface area (Å²) in [5.74, 6) is -0.633. The van der Waals surface area contributed by atoms with Gasteiger partial charge in [0.05, 0.1) is 0 Å². The molecule has 0 radical (unpaired) electrons. The maximum Gasteiger partial charge on any atom is 0.343 e. The van der Waals surface area contributed by atoms with Crippen molar-refractivity contribution in [2.24, 2.45) is 11.5 Å². The van der Waals surface area contributed by atoms with Crippen LogP contribution in [-0.2, 0) is 9.53 Å². The molecule has 0 aliphatic heterocycles. The first kappa shape index (κ1) is 20.9. The average molecular weight is 351 g/mol. The molecule has 0 spiro atoms. The Morgan fingerprint density at radius 2 is 1.88 bits per heavy atom. The monoisotopic (exact) mass is 351 g/mol. The maximum atomic E-state index is 12.1. The van der Waals surface area contributed by atoms with Crippen LogP contribution in [0.4, 0.5) is 10.5 Å². The molecule has 0 heterocycles. The topological polar surface area (TPSA) is 132 Å². The van der Waals surface area contributed by atoms with Crippen molar-refractivity contribution < 1.29 is 14.3 Å². The Balaban J connectivity index is 2.41. The number of aryl methyl sites for hydroxylation is 1. The van der Waals surface area contributed by atoms with Gasteiger partial charge < -0.3 is 26.8 Å². The van der Waals surface area contributed by atoms with Crippen LogP contribution in [0.3, 0.4) is 0 Å². The summed E-state index contributed by atoms with van der Waals surface area (Å²) in [5.41, 5.74) is 11.2. The minimum absolute atomic E-state index is 0.128. The molecule has 1 rings (SSSR count). The van der Waals surface area contributed by atoms with E-state index in [-0.39, 0.29) is 25.7 Å². The quantitative estimate of drug-likeness (QED) is 0.279. The average Bonchev–Trinajstić information content (AvgIpc) is 2.49. The maximum absolute atomic E-state index is 12.1. The molecule has 0 fully saturated rings. The van der Waals surface area contributed by atoms with Crippen LogP contribution in [0, 0.1) is 6.92 Å².